The molecule has 0 saturated carbocycles. The van der Waals surface area contributed by atoms with Gasteiger partial charge in [0.25, 0.3) is 0 Å². The molecule has 142 valence electrons. The zero-order valence-electron chi connectivity index (χ0n) is 15.5. The third-order valence-electron chi connectivity index (χ3n) is 4.50. The first kappa shape index (κ1) is 21.8. The van der Waals surface area contributed by atoms with E-state index >= 15 is 0 Å². The second kappa shape index (κ2) is 11.4. The second-order valence-electron chi connectivity index (χ2n) is 6.19. The average molecular weight is 462 g/mol. The van der Waals surface area contributed by atoms with Crippen LogP contribution in [0.3, 0.4) is 0 Å². The van der Waals surface area contributed by atoms with Crippen molar-refractivity contribution in [2.75, 3.05) is 39.2 Å². The summed E-state index contributed by atoms with van der Waals surface area (Å²) in [6.45, 7) is 5.32. The lowest BCUT2D eigenvalue weighted by molar-refractivity contribution is 0.160. The molecule has 25 heavy (non-hydrogen) atoms. The lowest BCUT2D eigenvalue weighted by Crippen LogP contribution is -2.38. The number of nitrogens with one attached hydrogen (secondary N) is 1. The van der Waals surface area contributed by atoms with Crippen molar-refractivity contribution in [2.24, 2.45) is 10.7 Å². The fourth-order valence-corrected chi connectivity index (χ4v) is 3.05. The van der Waals surface area contributed by atoms with E-state index in [1.165, 1.54) is 25.8 Å². The van der Waals surface area contributed by atoms with Crippen molar-refractivity contribution in [3.63, 3.8) is 0 Å². The van der Waals surface area contributed by atoms with E-state index in [-0.39, 0.29) is 24.0 Å². The van der Waals surface area contributed by atoms with E-state index in [0.717, 1.165) is 24.4 Å². The molecule has 1 unspecified atom stereocenters. The number of nitrogens with two attached hydrogens (primary N) is 1. The van der Waals surface area contributed by atoms with Crippen LogP contribution in [0.4, 0.5) is 5.69 Å². The molecule has 1 aliphatic heterocycles. The van der Waals surface area contributed by atoms with Gasteiger partial charge in [-0.1, -0.05) is 6.42 Å². The Hall–Kier alpha value is -1.22. The molecule has 0 amide bonds. The SMILES string of the molecule is COc1ccc(OC)c(NC(N)=NCCCN2CCCCC2C)c1.I. The number of rotatable bonds is 7. The van der Waals surface area contributed by atoms with Crippen LogP contribution in [0.25, 0.3) is 0 Å². The molecule has 0 spiro atoms. The van der Waals surface area contributed by atoms with Crippen molar-refractivity contribution in [3.8, 4) is 11.5 Å². The topological polar surface area (TPSA) is 72.1 Å². The third-order valence-corrected chi connectivity index (χ3v) is 4.50. The highest BCUT2D eigenvalue weighted by atomic mass is 127. The fraction of sp³-hybridized carbons (Fsp3) is 0.611. The van der Waals surface area contributed by atoms with Crippen LogP contribution in [-0.2, 0) is 0 Å². The van der Waals surface area contributed by atoms with Crippen molar-refractivity contribution in [1.82, 2.24) is 4.90 Å². The number of likely N-dealkylation sites (tertiary alicyclic amines) is 1. The largest absolute Gasteiger partial charge is 0.497 e. The molecule has 1 aromatic rings. The molecule has 0 aliphatic carbocycles. The van der Waals surface area contributed by atoms with Crippen LogP contribution in [0, 0.1) is 0 Å². The predicted octanol–water partition coefficient (Wildman–Crippen LogP) is 3.31. The van der Waals surface area contributed by atoms with Crippen LogP contribution >= 0.6 is 24.0 Å². The third kappa shape index (κ3) is 6.89. The van der Waals surface area contributed by atoms with Gasteiger partial charge in [0.15, 0.2) is 5.96 Å². The van der Waals surface area contributed by atoms with E-state index in [0.29, 0.717) is 24.3 Å². The second-order valence-corrected chi connectivity index (χ2v) is 6.19. The fourth-order valence-electron chi connectivity index (χ4n) is 3.05. The van der Waals surface area contributed by atoms with Gasteiger partial charge >= 0.3 is 0 Å². The van der Waals surface area contributed by atoms with Gasteiger partial charge in [-0.3, -0.25) is 4.99 Å². The molecule has 0 radical (unpaired) electrons. The molecular formula is C18H31IN4O2. The number of hydrogen-bond acceptors (Lipinski definition) is 4. The molecule has 6 nitrogen and oxygen atoms in total. The number of guanidine groups is 1. The molecule has 0 bridgehead atoms. The number of benzene rings is 1. The molecule has 1 atom stereocenters. The van der Waals surface area contributed by atoms with Crippen LogP contribution in [-0.4, -0.2) is 50.8 Å². The first-order chi connectivity index (χ1) is 11.6. The monoisotopic (exact) mass is 462 g/mol. The lowest BCUT2D eigenvalue weighted by atomic mass is 10.0. The normalized spacial score (nSPS) is 18.4. The Balaban J connectivity index is 0.00000312. The Bertz CT molecular complexity index is 554. The molecule has 1 fully saturated rings. The van der Waals surface area contributed by atoms with Gasteiger partial charge in [0.2, 0.25) is 0 Å². The molecule has 1 heterocycles. The number of methoxy groups -OCH3 is 2. The van der Waals surface area contributed by atoms with Gasteiger partial charge < -0.3 is 25.4 Å². The number of nitrogens with zero attached hydrogens (tertiary/aromatic N) is 2. The molecule has 1 saturated heterocycles. The summed E-state index contributed by atoms with van der Waals surface area (Å²) < 4.78 is 10.6. The standard InChI is InChI=1S/C18H30N4O2.HI/c1-14-7-4-5-11-22(14)12-6-10-20-18(19)21-16-13-15(23-2)8-9-17(16)24-3;/h8-9,13-14H,4-7,10-12H2,1-3H3,(H3,19,20,21);1H. The van der Waals surface area contributed by atoms with Gasteiger partial charge in [0, 0.05) is 25.2 Å². The van der Waals surface area contributed by atoms with Crippen molar-refractivity contribution in [3.05, 3.63) is 18.2 Å². The summed E-state index contributed by atoms with van der Waals surface area (Å²) in [6.07, 6.45) is 4.99. The maximum atomic E-state index is 6.00. The number of halogens is 1. The minimum atomic E-state index is 0. The van der Waals surface area contributed by atoms with Gasteiger partial charge in [-0.2, -0.15) is 0 Å². The van der Waals surface area contributed by atoms with Crippen molar-refractivity contribution < 1.29 is 9.47 Å². The molecule has 7 heteroatoms. The van der Waals surface area contributed by atoms with Gasteiger partial charge in [-0.05, 0) is 44.9 Å². The first-order valence-electron chi connectivity index (χ1n) is 8.67. The average Bonchev–Trinajstić information content (AvgIpc) is 2.60. The molecule has 0 aromatic heterocycles. The summed E-state index contributed by atoms with van der Waals surface area (Å²) in [5.74, 6) is 1.84. The van der Waals surface area contributed by atoms with Gasteiger partial charge in [0.1, 0.15) is 11.5 Å². The van der Waals surface area contributed by atoms with Crippen LogP contribution in [0.1, 0.15) is 32.6 Å². The zero-order chi connectivity index (χ0) is 17.4. The quantitative estimate of drug-likeness (QED) is 0.282. The number of piperidine rings is 1. The van der Waals surface area contributed by atoms with Crippen LogP contribution in [0.5, 0.6) is 11.5 Å². The zero-order valence-corrected chi connectivity index (χ0v) is 17.8. The summed E-state index contributed by atoms with van der Waals surface area (Å²) in [4.78, 5) is 6.97. The van der Waals surface area contributed by atoms with Crippen LogP contribution < -0.4 is 20.5 Å². The Morgan fingerprint density at radius 1 is 1.32 bits per heavy atom. The summed E-state index contributed by atoms with van der Waals surface area (Å²) in [7, 11) is 3.25. The van der Waals surface area contributed by atoms with Gasteiger partial charge in [-0.15, -0.1) is 24.0 Å². The minimum Gasteiger partial charge on any atom is -0.497 e. The maximum absolute atomic E-state index is 6.00. The number of hydrogen-bond donors (Lipinski definition) is 2. The highest BCUT2D eigenvalue weighted by Crippen LogP contribution is 2.28. The van der Waals surface area contributed by atoms with Crippen molar-refractivity contribution in [1.29, 1.82) is 0 Å². The first-order valence-corrected chi connectivity index (χ1v) is 8.67. The Morgan fingerprint density at radius 2 is 2.12 bits per heavy atom. The minimum absolute atomic E-state index is 0. The van der Waals surface area contributed by atoms with Crippen molar-refractivity contribution >= 4 is 35.6 Å². The van der Waals surface area contributed by atoms with E-state index in [1.807, 2.05) is 18.2 Å². The lowest BCUT2D eigenvalue weighted by Gasteiger charge is -2.33. The number of ether oxygens (including phenoxy) is 2. The summed E-state index contributed by atoms with van der Waals surface area (Å²) >= 11 is 0. The van der Waals surface area contributed by atoms with E-state index in [2.05, 4.69) is 22.1 Å². The van der Waals surface area contributed by atoms with E-state index in [9.17, 15) is 0 Å². The highest BCUT2D eigenvalue weighted by molar-refractivity contribution is 14.0. The molecule has 1 aromatic carbocycles. The molecule has 3 N–H and O–H groups in total. The molecule has 2 rings (SSSR count). The Kier molecular flexibility index (Phi) is 9.96. The van der Waals surface area contributed by atoms with Crippen LogP contribution in [0.15, 0.2) is 23.2 Å². The van der Waals surface area contributed by atoms with Gasteiger partial charge in [-0.25, -0.2) is 0 Å². The van der Waals surface area contributed by atoms with Crippen molar-refractivity contribution in [2.45, 2.75) is 38.6 Å². The smallest absolute Gasteiger partial charge is 0.193 e. The van der Waals surface area contributed by atoms with E-state index < -0.39 is 0 Å². The number of anilines is 1. The van der Waals surface area contributed by atoms with Crippen LogP contribution in [0.2, 0.25) is 0 Å². The van der Waals surface area contributed by atoms with Gasteiger partial charge in [0.05, 0.1) is 19.9 Å². The van der Waals surface area contributed by atoms with E-state index in [4.69, 9.17) is 15.2 Å². The molecule has 1 aliphatic rings. The number of aliphatic imine (C=N–C) groups is 1. The Morgan fingerprint density at radius 3 is 2.80 bits per heavy atom. The maximum Gasteiger partial charge on any atom is 0.193 e. The summed E-state index contributed by atoms with van der Waals surface area (Å²) in [5, 5.41) is 3.09. The summed E-state index contributed by atoms with van der Waals surface area (Å²) in [6, 6.07) is 6.22. The summed E-state index contributed by atoms with van der Waals surface area (Å²) in [5.41, 5.74) is 6.75. The predicted molar refractivity (Wildman–Crippen MR) is 115 cm³/mol. The Labute approximate surface area is 168 Å². The van der Waals surface area contributed by atoms with E-state index in [1.54, 1.807) is 14.2 Å². The molecular weight excluding hydrogens is 431 g/mol. The highest BCUT2D eigenvalue weighted by Gasteiger charge is 2.16.